The lowest BCUT2D eigenvalue weighted by molar-refractivity contribution is -0.0903. The third kappa shape index (κ3) is 11.8. The molecule has 3 rings (SSSR count). The van der Waals surface area contributed by atoms with Gasteiger partial charge in [0.1, 0.15) is 6.10 Å². The van der Waals surface area contributed by atoms with Crippen LogP contribution < -0.4 is 0 Å². The van der Waals surface area contributed by atoms with Crippen LogP contribution in [0.3, 0.4) is 0 Å². The monoisotopic (exact) mass is 510 g/mol. The first-order chi connectivity index (χ1) is 16.9. The summed E-state index contributed by atoms with van der Waals surface area (Å²) >= 11 is 3.73. The predicted molar refractivity (Wildman–Crippen MR) is 141 cm³/mol. The molecule has 1 aliphatic rings. The highest BCUT2D eigenvalue weighted by molar-refractivity contribution is 7.20. The van der Waals surface area contributed by atoms with Gasteiger partial charge in [-0.2, -0.15) is 0 Å². The molecule has 2 aromatic rings. The molecule has 0 bridgehead atoms. The van der Waals surface area contributed by atoms with Gasteiger partial charge in [0.25, 0.3) is 0 Å². The molecule has 2 aromatic heterocycles. The fourth-order valence-corrected chi connectivity index (χ4v) is 5.89. The van der Waals surface area contributed by atoms with Gasteiger partial charge in [-0.3, -0.25) is 0 Å². The van der Waals surface area contributed by atoms with E-state index >= 15 is 0 Å². The van der Waals surface area contributed by atoms with Gasteiger partial charge < -0.3 is 23.7 Å². The van der Waals surface area contributed by atoms with Gasteiger partial charge in [-0.15, -0.1) is 22.7 Å². The van der Waals surface area contributed by atoms with E-state index in [2.05, 4.69) is 29.0 Å². The summed E-state index contributed by atoms with van der Waals surface area (Å²) in [6.45, 7) is 5.49. The van der Waals surface area contributed by atoms with Crippen molar-refractivity contribution in [2.75, 3.05) is 59.5 Å². The molecule has 0 aromatic carbocycles. The van der Waals surface area contributed by atoms with E-state index in [0.29, 0.717) is 52.9 Å². The van der Waals surface area contributed by atoms with Gasteiger partial charge in [-0.1, -0.05) is 44.6 Å². The van der Waals surface area contributed by atoms with Crippen LogP contribution in [0.15, 0.2) is 29.0 Å². The van der Waals surface area contributed by atoms with Crippen molar-refractivity contribution in [2.45, 2.75) is 63.9 Å². The molecule has 1 atom stereocenters. The maximum Gasteiger partial charge on any atom is 0.104 e. The Kier molecular flexibility index (Phi) is 15.1. The van der Waals surface area contributed by atoms with Crippen molar-refractivity contribution < 1.29 is 23.7 Å². The minimum atomic E-state index is -0.0292. The summed E-state index contributed by atoms with van der Waals surface area (Å²) in [4.78, 5) is 2.90. The quantitative estimate of drug-likeness (QED) is 0.268. The van der Waals surface area contributed by atoms with Crippen molar-refractivity contribution in [1.29, 1.82) is 0 Å². The number of hydrogen-bond donors (Lipinski definition) is 0. The second kappa shape index (κ2) is 18.5. The zero-order valence-electron chi connectivity index (χ0n) is 20.5. The summed E-state index contributed by atoms with van der Waals surface area (Å²) in [5.74, 6) is 0. The first-order valence-electron chi connectivity index (χ1n) is 13.0. The highest BCUT2D eigenvalue weighted by Gasteiger charge is 2.11. The Hall–Kier alpha value is -0.800. The highest BCUT2D eigenvalue weighted by atomic mass is 32.1. The molecule has 34 heavy (non-hydrogen) atoms. The van der Waals surface area contributed by atoms with Crippen molar-refractivity contribution in [3.05, 3.63) is 34.5 Å². The van der Waals surface area contributed by atoms with Gasteiger partial charge in [0.05, 0.1) is 52.9 Å². The highest BCUT2D eigenvalue weighted by Crippen LogP contribution is 2.33. The van der Waals surface area contributed by atoms with Gasteiger partial charge in [0, 0.05) is 16.4 Å². The average Bonchev–Trinajstić information content (AvgIpc) is 3.53. The van der Waals surface area contributed by atoms with Gasteiger partial charge in [0.2, 0.25) is 0 Å². The number of hydrogen-bond acceptors (Lipinski definition) is 7. The zero-order valence-corrected chi connectivity index (χ0v) is 22.2. The van der Waals surface area contributed by atoms with Crippen molar-refractivity contribution in [2.24, 2.45) is 0 Å². The summed E-state index contributed by atoms with van der Waals surface area (Å²) in [6.07, 6.45) is 11.5. The van der Waals surface area contributed by atoms with Crippen molar-refractivity contribution >= 4 is 22.7 Å². The Balaban J connectivity index is 1.12. The molecule has 0 N–H and O–H groups in total. The molecule has 3 heterocycles. The molecule has 1 saturated heterocycles. The first-order valence-corrected chi connectivity index (χ1v) is 14.7. The van der Waals surface area contributed by atoms with Crippen LogP contribution in [0.5, 0.6) is 0 Å². The molecule has 192 valence electrons. The lowest BCUT2D eigenvalue weighted by Crippen LogP contribution is -2.29. The van der Waals surface area contributed by atoms with E-state index in [1.807, 2.05) is 22.7 Å². The predicted octanol–water partition coefficient (Wildman–Crippen LogP) is 6.61. The van der Waals surface area contributed by atoms with Gasteiger partial charge in [-0.25, -0.2) is 0 Å². The van der Waals surface area contributed by atoms with E-state index in [1.165, 1.54) is 66.7 Å². The molecule has 7 heteroatoms. The maximum absolute atomic E-state index is 5.85. The Labute approximate surface area is 213 Å². The van der Waals surface area contributed by atoms with Crippen LogP contribution in [-0.4, -0.2) is 65.6 Å². The SMILES string of the molecule is c1csc(-c2sccc2CCCCCCCCCCOCC2COCCOCCOCCO2)c1. The molecular weight excluding hydrogens is 468 g/mol. The molecule has 0 saturated carbocycles. The van der Waals surface area contributed by atoms with Crippen LogP contribution in [0.1, 0.15) is 56.9 Å². The molecule has 1 fully saturated rings. The van der Waals surface area contributed by atoms with E-state index in [0.717, 1.165) is 13.0 Å². The molecular formula is C27H42O5S2. The minimum absolute atomic E-state index is 0.0292. The molecule has 0 amide bonds. The number of ether oxygens (including phenoxy) is 5. The fraction of sp³-hybridized carbons (Fsp3) is 0.704. The van der Waals surface area contributed by atoms with Crippen LogP contribution in [-0.2, 0) is 30.1 Å². The fourth-order valence-electron chi connectivity index (χ4n) is 4.02. The molecule has 5 nitrogen and oxygen atoms in total. The third-order valence-electron chi connectivity index (χ3n) is 5.91. The number of rotatable bonds is 14. The van der Waals surface area contributed by atoms with E-state index in [4.69, 9.17) is 23.7 Å². The summed E-state index contributed by atoms with van der Waals surface area (Å²) < 4.78 is 28.2. The zero-order chi connectivity index (χ0) is 23.5. The van der Waals surface area contributed by atoms with Crippen LogP contribution in [0.4, 0.5) is 0 Å². The number of aryl methyl sites for hydroxylation is 1. The lowest BCUT2D eigenvalue weighted by atomic mass is 10.0. The average molecular weight is 511 g/mol. The Bertz CT molecular complexity index is 706. The van der Waals surface area contributed by atoms with Crippen molar-refractivity contribution in [1.82, 2.24) is 0 Å². The van der Waals surface area contributed by atoms with Gasteiger partial charge in [-0.05, 0) is 47.7 Å². The van der Waals surface area contributed by atoms with E-state index in [1.54, 1.807) is 0 Å². The second-order valence-electron chi connectivity index (χ2n) is 8.70. The van der Waals surface area contributed by atoms with E-state index < -0.39 is 0 Å². The van der Waals surface area contributed by atoms with Crippen molar-refractivity contribution in [3.8, 4) is 9.75 Å². The Morgan fingerprint density at radius 3 is 2.21 bits per heavy atom. The molecule has 0 aliphatic carbocycles. The van der Waals surface area contributed by atoms with Crippen LogP contribution >= 0.6 is 22.7 Å². The van der Waals surface area contributed by atoms with Crippen molar-refractivity contribution in [3.63, 3.8) is 0 Å². The van der Waals surface area contributed by atoms with E-state index in [9.17, 15) is 0 Å². The van der Waals surface area contributed by atoms with Crippen LogP contribution in [0, 0.1) is 0 Å². The third-order valence-corrected chi connectivity index (χ3v) is 7.92. The Morgan fingerprint density at radius 2 is 1.44 bits per heavy atom. The first kappa shape index (κ1) is 27.8. The minimum Gasteiger partial charge on any atom is -0.379 e. The summed E-state index contributed by atoms with van der Waals surface area (Å²) in [5, 5.41) is 4.41. The topological polar surface area (TPSA) is 46.2 Å². The van der Waals surface area contributed by atoms with Crippen LogP contribution in [0.25, 0.3) is 9.75 Å². The summed E-state index contributed by atoms with van der Waals surface area (Å²) in [5.41, 5.74) is 1.53. The molecule has 1 aliphatic heterocycles. The number of thiophene rings is 2. The summed E-state index contributed by atoms with van der Waals surface area (Å²) in [6, 6.07) is 6.70. The largest absolute Gasteiger partial charge is 0.379 e. The molecule has 0 spiro atoms. The smallest absolute Gasteiger partial charge is 0.104 e. The van der Waals surface area contributed by atoms with E-state index in [-0.39, 0.29) is 6.10 Å². The second-order valence-corrected chi connectivity index (χ2v) is 10.6. The van der Waals surface area contributed by atoms with Gasteiger partial charge in [0.15, 0.2) is 0 Å². The van der Waals surface area contributed by atoms with Gasteiger partial charge >= 0.3 is 0 Å². The normalized spacial score (nSPS) is 18.4. The van der Waals surface area contributed by atoms with Crippen LogP contribution in [0.2, 0.25) is 0 Å². The maximum atomic E-state index is 5.85. The lowest BCUT2D eigenvalue weighted by Gasteiger charge is -2.19. The standard InChI is InChI=1S/C27H42O5S2/c1(3-5-7-10-24-12-21-34-27(24)26-11-9-20-33-26)2-4-6-8-13-30-22-25-23-31-17-16-28-14-15-29-18-19-32-25/h9,11-12,20-21,25H,1-8,10,13-19,22-23H2. The Morgan fingerprint density at radius 1 is 0.735 bits per heavy atom. The number of unbranched alkanes of at least 4 members (excludes halogenated alkanes) is 7. The summed E-state index contributed by atoms with van der Waals surface area (Å²) in [7, 11) is 0. The molecule has 1 unspecified atom stereocenters. The molecule has 0 radical (unpaired) electrons.